The number of Topliss-reactive ketones (excluding diaryl/α,β-unsaturated/α-hetero) is 1. The summed E-state index contributed by atoms with van der Waals surface area (Å²) in [6.07, 6.45) is 2.09. The molecule has 0 aromatic heterocycles. The number of benzene rings is 2. The monoisotopic (exact) mass is 480 g/mol. The third-order valence-electron chi connectivity index (χ3n) is 7.02. The van der Waals surface area contributed by atoms with E-state index in [9.17, 15) is 19.2 Å². The second-order valence-electron chi connectivity index (χ2n) is 9.28. The van der Waals surface area contributed by atoms with Gasteiger partial charge in [0.2, 0.25) is 5.91 Å². The number of ketones is 1. The lowest BCUT2D eigenvalue weighted by molar-refractivity contribution is -0.134. The van der Waals surface area contributed by atoms with Crippen LogP contribution in [0.5, 0.6) is 5.75 Å². The summed E-state index contributed by atoms with van der Waals surface area (Å²) < 4.78 is 6.35. The molecule has 0 radical (unpaired) electrons. The highest BCUT2D eigenvalue weighted by molar-refractivity contribution is 6.31. The first-order valence-electron chi connectivity index (χ1n) is 11.5. The molecule has 2 aromatic carbocycles. The van der Waals surface area contributed by atoms with Crippen LogP contribution in [0.2, 0.25) is 5.02 Å². The quantitative estimate of drug-likeness (QED) is 0.616. The number of hydrogen-bond acceptors (Lipinski definition) is 5. The van der Waals surface area contributed by atoms with E-state index < -0.39 is 5.60 Å². The van der Waals surface area contributed by atoms with Crippen LogP contribution in [-0.4, -0.2) is 58.5 Å². The topological polar surface area (TPSA) is 84.0 Å². The van der Waals surface area contributed by atoms with Gasteiger partial charge in [0.05, 0.1) is 23.1 Å². The van der Waals surface area contributed by atoms with Crippen molar-refractivity contribution < 1.29 is 23.9 Å². The zero-order valence-corrected chi connectivity index (χ0v) is 19.7. The van der Waals surface area contributed by atoms with Crippen molar-refractivity contribution in [3.63, 3.8) is 0 Å². The van der Waals surface area contributed by atoms with Gasteiger partial charge in [0.15, 0.2) is 5.78 Å². The standard InChI is InChI=1S/C26H25ClN2O5/c1-16-13-17(27)14-20-21(30)15-26(34-23(16)20)8-11-28(12-9-26)22(31)7-4-10-29-24(32)18-5-2-3-6-19(18)25(29)33/h2-3,5-6,13-14H,4,7-12,15H2,1H3. The molecular formula is C26H25ClN2O5. The highest BCUT2D eigenvalue weighted by Gasteiger charge is 2.44. The highest BCUT2D eigenvalue weighted by Crippen LogP contribution is 2.42. The number of rotatable bonds is 4. The van der Waals surface area contributed by atoms with E-state index >= 15 is 0 Å². The van der Waals surface area contributed by atoms with Gasteiger partial charge >= 0.3 is 0 Å². The molecule has 2 aromatic rings. The maximum atomic E-state index is 12.8. The minimum Gasteiger partial charge on any atom is -0.486 e. The Labute approximate surface area is 202 Å². The number of likely N-dealkylation sites (tertiary alicyclic amines) is 1. The molecule has 34 heavy (non-hydrogen) atoms. The Morgan fingerprint density at radius 3 is 2.32 bits per heavy atom. The Kier molecular flexibility index (Phi) is 5.68. The molecule has 0 bridgehead atoms. The molecule has 3 heterocycles. The van der Waals surface area contributed by atoms with Crippen LogP contribution in [0.25, 0.3) is 0 Å². The summed E-state index contributed by atoms with van der Waals surface area (Å²) in [5.74, 6) is -0.00113. The minimum atomic E-state index is -0.598. The maximum absolute atomic E-state index is 12.8. The summed E-state index contributed by atoms with van der Waals surface area (Å²) in [4.78, 5) is 53.5. The average molecular weight is 481 g/mol. The van der Waals surface area contributed by atoms with Gasteiger partial charge in [0.1, 0.15) is 11.4 Å². The van der Waals surface area contributed by atoms with Crippen molar-refractivity contribution in [1.29, 1.82) is 0 Å². The van der Waals surface area contributed by atoms with Gasteiger partial charge in [-0.05, 0) is 43.2 Å². The number of fused-ring (bicyclic) bond motifs is 2. The summed E-state index contributed by atoms with van der Waals surface area (Å²) in [5, 5.41) is 0.519. The summed E-state index contributed by atoms with van der Waals surface area (Å²) in [7, 11) is 0. The molecule has 0 unspecified atom stereocenters. The first-order chi connectivity index (χ1) is 16.3. The number of piperidine rings is 1. The number of nitrogens with zero attached hydrogens (tertiary/aromatic N) is 2. The van der Waals surface area contributed by atoms with Crippen molar-refractivity contribution in [3.05, 3.63) is 63.7 Å². The summed E-state index contributed by atoms with van der Waals surface area (Å²) in [6.45, 7) is 3.10. The number of carbonyl (C=O) groups is 4. The van der Waals surface area contributed by atoms with Crippen LogP contribution in [0, 0.1) is 6.92 Å². The van der Waals surface area contributed by atoms with Crippen LogP contribution in [-0.2, 0) is 4.79 Å². The number of aryl methyl sites for hydroxylation is 1. The van der Waals surface area contributed by atoms with Gasteiger partial charge in [-0.15, -0.1) is 0 Å². The number of carbonyl (C=O) groups excluding carboxylic acids is 4. The van der Waals surface area contributed by atoms with Gasteiger partial charge in [0, 0.05) is 43.9 Å². The third-order valence-corrected chi connectivity index (χ3v) is 7.24. The lowest BCUT2D eigenvalue weighted by atomic mass is 9.82. The van der Waals surface area contributed by atoms with Crippen molar-refractivity contribution in [2.24, 2.45) is 0 Å². The largest absolute Gasteiger partial charge is 0.486 e. The molecule has 3 aliphatic rings. The fourth-order valence-electron chi connectivity index (χ4n) is 5.14. The fraction of sp³-hybridized carbons (Fsp3) is 0.385. The summed E-state index contributed by atoms with van der Waals surface area (Å²) in [5.41, 5.74) is 1.60. The predicted molar refractivity (Wildman–Crippen MR) is 125 cm³/mol. The van der Waals surface area contributed by atoms with Crippen LogP contribution in [0.3, 0.4) is 0 Å². The third kappa shape index (κ3) is 3.88. The van der Waals surface area contributed by atoms with Crippen LogP contribution >= 0.6 is 11.6 Å². The molecule has 0 atom stereocenters. The molecule has 1 fully saturated rings. The smallest absolute Gasteiger partial charge is 0.261 e. The zero-order valence-electron chi connectivity index (χ0n) is 18.9. The van der Waals surface area contributed by atoms with Gasteiger partial charge in [0.25, 0.3) is 11.8 Å². The summed E-state index contributed by atoms with van der Waals surface area (Å²) in [6, 6.07) is 10.2. The van der Waals surface area contributed by atoms with Gasteiger partial charge in [-0.1, -0.05) is 23.7 Å². The van der Waals surface area contributed by atoms with Gasteiger partial charge in [-0.25, -0.2) is 0 Å². The number of halogens is 1. The highest BCUT2D eigenvalue weighted by atomic mass is 35.5. The molecule has 176 valence electrons. The SMILES string of the molecule is Cc1cc(Cl)cc2c1OC1(CCN(C(=O)CCCN3C(=O)c4ccccc4C3=O)CC1)CC2=O. The van der Waals surface area contributed by atoms with Crippen molar-refractivity contribution in [2.75, 3.05) is 19.6 Å². The fourth-order valence-corrected chi connectivity index (χ4v) is 5.42. The molecular weight excluding hydrogens is 456 g/mol. The van der Waals surface area contributed by atoms with Crippen molar-refractivity contribution in [3.8, 4) is 5.75 Å². The molecule has 1 saturated heterocycles. The molecule has 7 nitrogen and oxygen atoms in total. The maximum Gasteiger partial charge on any atom is 0.261 e. The molecule has 3 amide bonds. The van der Waals surface area contributed by atoms with E-state index in [4.69, 9.17) is 16.3 Å². The number of hydrogen-bond donors (Lipinski definition) is 0. The van der Waals surface area contributed by atoms with E-state index in [-0.39, 0.29) is 42.9 Å². The van der Waals surface area contributed by atoms with Crippen LogP contribution < -0.4 is 4.74 Å². The van der Waals surface area contributed by atoms with Crippen LogP contribution in [0.1, 0.15) is 68.7 Å². The van der Waals surface area contributed by atoms with Crippen LogP contribution in [0.4, 0.5) is 0 Å². The van der Waals surface area contributed by atoms with E-state index in [0.717, 1.165) is 5.56 Å². The first kappa shape index (κ1) is 22.6. The summed E-state index contributed by atoms with van der Waals surface area (Å²) >= 11 is 6.11. The van der Waals surface area contributed by atoms with E-state index in [1.54, 1.807) is 41.3 Å². The van der Waals surface area contributed by atoms with E-state index in [2.05, 4.69) is 0 Å². The number of amides is 3. The van der Waals surface area contributed by atoms with E-state index in [1.807, 2.05) is 6.92 Å². The second kappa shape index (κ2) is 8.55. The molecule has 1 spiro atoms. The van der Waals surface area contributed by atoms with Gasteiger partial charge < -0.3 is 9.64 Å². The lowest BCUT2D eigenvalue weighted by Gasteiger charge is -2.44. The molecule has 3 aliphatic heterocycles. The molecule has 0 aliphatic carbocycles. The van der Waals surface area contributed by atoms with Gasteiger partial charge in [-0.2, -0.15) is 0 Å². The predicted octanol–water partition coefficient (Wildman–Crippen LogP) is 4.05. The second-order valence-corrected chi connectivity index (χ2v) is 9.71. The Morgan fingerprint density at radius 2 is 1.68 bits per heavy atom. The zero-order chi connectivity index (χ0) is 24.0. The Morgan fingerprint density at radius 1 is 1.03 bits per heavy atom. The Bertz CT molecular complexity index is 1180. The molecule has 0 N–H and O–H groups in total. The van der Waals surface area contributed by atoms with E-state index in [0.29, 0.717) is 59.8 Å². The normalized spacial score (nSPS) is 18.7. The van der Waals surface area contributed by atoms with Crippen molar-refractivity contribution in [2.45, 2.75) is 44.6 Å². The number of imide groups is 1. The molecule has 0 saturated carbocycles. The van der Waals surface area contributed by atoms with Crippen LogP contribution in [0.15, 0.2) is 36.4 Å². The minimum absolute atomic E-state index is 0.0167. The average Bonchev–Trinajstić information content (AvgIpc) is 3.05. The molecule has 8 heteroatoms. The Balaban J connectivity index is 1.15. The van der Waals surface area contributed by atoms with Gasteiger partial charge in [-0.3, -0.25) is 24.1 Å². The van der Waals surface area contributed by atoms with Crippen molar-refractivity contribution >= 4 is 35.1 Å². The lowest BCUT2D eigenvalue weighted by Crippen LogP contribution is -2.52. The Hall–Kier alpha value is -3.19. The number of ether oxygens (including phenoxy) is 1. The molecule has 5 rings (SSSR count). The van der Waals surface area contributed by atoms with E-state index in [1.165, 1.54) is 4.90 Å². The van der Waals surface area contributed by atoms with Crippen molar-refractivity contribution in [1.82, 2.24) is 9.80 Å². The first-order valence-corrected chi connectivity index (χ1v) is 11.9.